The molecular weight excluding hydrogens is 444 g/mol. The first-order valence-electron chi connectivity index (χ1n) is 10.8. The van der Waals surface area contributed by atoms with Crippen LogP contribution >= 0.6 is 11.6 Å². The Morgan fingerprint density at radius 1 is 1.19 bits per heavy atom. The van der Waals surface area contributed by atoms with Gasteiger partial charge in [-0.3, -0.25) is 0 Å². The Morgan fingerprint density at radius 3 is 2.75 bits per heavy atom. The number of aryl methyl sites for hydroxylation is 1. The molecule has 4 rings (SSSR count). The minimum absolute atomic E-state index is 0.0467. The number of nitrogens with zero attached hydrogens (tertiary/aromatic N) is 2. The lowest BCUT2D eigenvalue weighted by Crippen LogP contribution is -2.26. The molecule has 0 amide bonds. The van der Waals surface area contributed by atoms with E-state index < -0.39 is 10.0 Å². The maximum Gasteiger partial charge on any atom is 0.259 e. The van der Waals surface area contributed by atoms with Crippen molar-refractivity contribution in [3.05, 3.63) is 82.3 Å². The van der Waals surface area contributed by atoms with Gasteiger partial charge >= 0.3 is 0 Å². The Labute approximate surface area is 195 Å². The molecule has 2 aromatic carbocycles. The molecule has 1 aliphatic carbocycles. The Hall–Kier alpha value is -2.19. The summed E-state index contributed by atoms with van der Waals surface area (Å²) in [5, 5.41) is 4.15. The highest BCUT2D eigenvalue weighted by molar-refractivity contribution is 7.89. The SMILES string of the molecule is CNCC1Cc2ccc(CCNS(=O)(=O)c3cn(C)cn3)cc2C1Cc1cccc(Cl)c1. The molecule has 2 atom stereocenters. The van der Waals surface area contributed by atoms with Gasteiger partial charge in [0.15, 0.2) is 5.03 Å². The van der Waals surface area contributed by atoms with E-state index in [1.54, 1.807) is 11.6 Å². The molecule has 2 N–H and O–H groups in total. The number of fused-ring (bicyclic) bond motifs is 1. The zero-order valence-corrected chi connectivity index (χ0v) is 20.0. The van der Waals surface area contributed by atoms with Crippen molar-refractivity contribution < 1.29 is 8.42 Å². The highest BCUT2D eigenvalue weighted by Crippen LogP contribution is 2.40. The molecule has 0 saturated carbocycles. The van der Waals surface area contributed by atoms with Gasteiger partial charge in [0.1, 0.15) is 0 Å². The molecular formula is C24H29ClN4O2S. The van der Waals surface area contributed by atoms with E-state index >= 15 is 0 Å². The summed E-state index contributed by atoms with van der Waals surface area (Å²) in [6, 6.07) is 14.7. The average molecular weight is 473 g/mol. The molecule has 8 heteroatoms. The number of sulfonamides is 1. The third kappa shape index (κ3) is 5.23. The van der Waals surface area contributed by atoms with Crippen LogP contribution in [0.2, 0.25) is 5.02 Å². The van der Waals surface area contributed by atoms with Crippen molar-refractivity contribution in [2.24, 2.45) is 13.0 Å². The number of nitrogens with one attached hydrogen (secondary N) is 2. The fourth-order valence-corrected chi connectivity index (χ4v) is 5.83. The van der Waals surface area contributed by atoms with Crippen LogP contribution < -0.4 is 10.0 Å². The second-order valence-electron chi connectivity index (χ2n) is 8.52. The molecule has 3 aromatic rings. The van der Waals surface area contributed by atoms with Gasteiger partial charge < -0.3 is 9.88 Å². The summed E-state index contributed by atoms with van der Waals surface area (Å²) in [5.41, 5.74) is 5.13. The fourth-order valence-electron chi connectivity index (χ4n) is 4.61. The van der Waals surface area contributed by atoms with E-state index in [4.69, 9.17) is 11.6 Å². The summed E-state index contributed by atoms with van der Waals surface area (Å²) in [6.07, 6.45) is 5.60. The molecule has 2 unspecified atom stereocenters. The summed E-state index contributed by atoms with van der Waals surface area (Å²) in [7, 11) is 0.151. The predicted molar refractivity (Wildman–Crippen MR) is 128 cm³/mol. The van der Waals surface area contributed by atoms with Crippen molar-refractivity contribution in [3.63, 3.8) is 0 Å². The smallest absolute Gasteiger partial charge is 0.259 e. The van der Waals surface area contributed by atoms with Gasteiger partial charge in [0.05, 0.1) is 6.33 Å². The van der Waals surface area contributed by atoms with Crippen molar-refractivity contribution in [3.8, 4) is 0 Å². The van der Waals surface area contributed by atoms with Crippen LogP contribution in [0.3, 0.4) is 0 Å². The van der Waals surface area contributed by atoms with Crippen LogP contribution in [0.5, 0.6) is 0 Å². The van der Waals surface area contributed by atoms with Crippen molar-refractivity contribution in [2.45, 2.75) is 30.2 Å². The van der Waals surface area contributed by atoms with Crippen LogP contribution in [0.15, 0.2) is 60.0 Å². The van der Waals surface area contributed by atoms with Crippen LogP contribution in [0.1, 0.15) is 28.2 Å². The van der Waals surface area contributed by atoms with Gasteiger partial charge in [-0.2, -0.15) is 0 Å². The first-order valence-corrected chi connectivity index (χ1v) is 12.7. The maximum absolute atomic E-state index is 12.4. The second kappa shape index (κ2) is 9.75. The molecule has 0 radical (unpaired) electrons. The minimum Gasteiger partial charge on any atom is -0.339 e. The number of aromatic nitrogens is 2. The zero-order chi connectivity index (χ0) is 22.7. The van der Waals surface area contributed by atoms with Gasteiger partial charge in [0.25, 0.3) is 10.0 Å². The lowest BCUT2D eigenvalue weighted by Gasteiger charge is -2.21. The monoisotopic (exact) mass is 472 g/mol. The van der Waals surface area contributed by atoms with E-state index in [0.29, 0.717) is 24.8 Å². The summed E-state index contributed by atoms with van der Waals surface area (Å²) in [4.78, 5) is 3.94. The van der Waals surface area contributed by atoms with Crippen LogP contribution in [-0.4, -0.2) is 38.1 Å². The van der Waals surface area contributed by atoms with Crippen molar-refractivity contribution >= 4 is 21.6 Å². The number of rotatable bonds is 9. The number of benzene rings is 2. The van der Waals surface area contributed by atoms with Gasteiger partial charge in [0.2, 0.25) is 0 Å². The van der Waals surface area contributed by atoms with Gasteiger partial charge in [-0.1, -0.05) is 41.9 Å². The first kappa shape index (κ1) is 23.0. The van der Waals surface area contributed by atoms with Crippen LogP contribution in [0, 0.1) is 5.92 Å². The third-order valence-electron chi connectivity index (χ3n) is 6.13. The van der Waals surface area contributed by atoms with Gasteiger partial charge in [-0.15, -0.1) is 0 Å². The Kier molecular flexibility index (Phi) is 7.00. The van der Waals surface area contributed by atoms with Crippen LogP contribution in [-0.2, 0) is 36.3 Å². The van der Waals surface area contributed by atoms with Crippen molar-refractivity contribution in [2.75, 3.05) is 20.1 Å². The zero-order valence-electron chi connectivity index (χ0n) is 18.4. The number of halogens is 1. The highest BCUT2D eigenvalue weighted by atomic mass is 35.5. The first-order chi connectivity index (χ1) is 15.4. The molecule has 0 bridgehead atoms. The molecule has 1 aliphatic rings. The van der Waals surface area contributed by atoms with E-state index in [-0.39, 0.29) is 5.03 Å². The molecule has 1 heterocycles. The van der Waals surface area contributed by atoms with Gasteiger partial charge in [-0.05, 0) is 79.1 Å². The number of imidazole rings is 1. The lowest BCUT2D eigenvalue weighted by atomic mass is 9.86. The average Bonchev–Trinajstić information content (AvgIpc) is 3.33. The predicted octanol–water partition coefficient (Wildman–Crippen LogP) is 3.31. The van der Waals surface area contributed by atoms with E-state index in [9.17, 15) is 8.42 Å². The fraction of sp³-hybridized carbons (Fsp3) is 0.375. The maximum atomic E-state index is 12.4. The molecule has 0 spiro atoms. The normalized spacial score (nSPS) is 18.1. The highest BCUT2D eigenvalue weighted by Gasteiger charge is 2.32. The largest absolute Gasteiger partial charge is 0.339 e. The van der Waals surface area contributed by atoms with E-state index in [1.165, 1.54) is 29.2 Å². The number of hydrogen-bond donors (Lipinski definition) is 2. The van der Waals surface area contributed by atoms with Gasteiger partial charge in [0, 0.05) is 24.8 Å². The quantitative estimate of drug-likeness (QED) is 0.501. The Balaban J connectivity index is 1.48. The second-order valence-corrected chi connectivity index (χ2v) is 10.7. The summed E-state index contributed by atoms with van der Waals surface area (Å²) in [6.45, 7) is 1.29. The topological polar surface area (TPSA) is 76.0 Å². The van der Waals surface area contributed by atoms with Crippen LogP contribution in [0.4, 0.5) is 0 Å². The standard InChI is InChI=1S/C24H29ClN4O2S/c1-26-14-20-13-19-7-6-17(8-9-28-32(30,31)24-15-29(2)16-27-24)11-22(19)23(20)12-18-4-3-5-21(25)10-18/h3-7,10-11,15-16,20,23,26,28H,8-9,12-14H2,1-2H3. The van der Waals surface area contributed by atoms with E-state index in [2.05, 4.69) is 39.3 Å². The Morgan fingerprint density at radius 2 is 2.03 bits per heavy atom. The van der Waals surface area contributed by atoms with E-state index in [1.807, 2.05) is 25.2 Å². The van der Waals surface area contributed by atoms with Crippen molar-refractivity contribution in [1.29, 1.82) is 0 Å². The van der Waals surface area contributed by atoms with Crippen LogP contribution in [0.25, 0.3) is 0 Å². The lowest BCUT2D eigenvalue weighted by molar-refractivity contribution is 0.436. The van der Waals surface area contributed by atoms with E-state index in [0.717, 1.165) is 30.0 Å². The molecule has 0 aliphatic heterocycles. The Bertz CT molecular complexity index is 1190. The van der Waals surface area contributed by atoms with Crippen molar-refractivity contribution in [1.82, 2.24) is 19.6 Å². The molecule has 6 nitrogen and oxygen atoms in total. The summed E-state index contributed by atoms with van der Waals surface area (Å²) >= 11 is 6.22. The molecule has 0 fully saturated rings. The number of hydrogen-bond acceptors (Lipinski definition) is 4. The minimum atomic E-state index is -3.60. The molecule has 1 aromatic heterocycles. The molecule has 170 valence electrons. The molecule has 32 heavy (non-hydrogen) atoms. The third-order valence-corrected chi connectivity index (χ3v) is 7.71. The summed E-state index contributed by atoms with van der Waals surface area (Å²) < 4.78 is 29.1. The molecule has 0 saturated heterocycles. The summed E-state index contributed by atoms with van der Waals surface area (Å²) in [5.74, 6) is 0.924. The van der Waals surface area contributed by atoms with Gasteiger partial charge in [-0.25, -0.2) is 18.1 Å².